The lowest BCUT2D eigenvalue weighted by atomic mass is 10.1. The molecule has 1 aliphatic carbocycles. The van der Waals surface area contributed by atoms with E-state index in [9.17, 15) is 9.59 Å². The molecule has 0 spiro atoms. The zero-order chi connectivity index (χ0) is 16.7. The van der Waals surface area contributed by atoms with Gasteiger partial charge in [0.1, 0.15) is 5.01 Å². The molecule has 0 saturated heterocycles. The number of aromatic nitrogens is 2. The fourth-order valence-corrected chi connectivity index (χ4v) is 3.68. The number of fused-ring (bicyclic) bond motifs is 1. The lowest BCUT2D eigenvalue weighted by Gasteiger charge is -2.16. The summed E-state index contributed by atoms with van der Waals surface area (Å²) < 4.78 is 0. The van der Waals surface area contributed by atoms with Crippen LogP contribution in [0.4, 0.5) is 5.13 Å². The Labute approximate surface area is 143 Å². The predicted octanol–water partition coefficient (Wildman–Crippen LogP) is 2.87. The van der Waals surface area contributed by atoms with E-state index in [1.165, 1.54) is 11.3 Å². The third-order valence-electron chi connectivity index (χ3n) is 4.22. The van der Waals surface area contributed by atoms with Gasteiger partial charge in [-0.25, -0.2) is 0 Å². The SMILES string of the molecule is C=C1c2ccccc2C(=O)N1CCC(=O)Nc1nnc(C2CC2)s1. The molecule has 2 aliphatic rings. The molecule has 1 aromatic heterocycles. The predicted molar refractivity (Wildman–Crippen MR) is 91.6 cm³/mol. The minimum absolute atomic E-state index is 0.102. The van der Waals surface area contributed by atoms with E-state index in [4.69, 9.17) is 0 Å². The average molecular weight is 340 g/mol. The van der Waals surface area contributed by atoms with Crippen LogP contribution in [0.5, 0.6) is 0 Å². The van der Waals surface area contributed by atoms with Crippen LogP contribution in [-0.2, 0) is 4.79 Å². The van der Waals surface area contributed by atoms with Gasteiger partial charge in [0.25, 0.3) is 5.91 Å². The molecule has 2 aromatic rings. The maximum atomic E-state index is 12.4. The summed E-state index contributed by atoms with van der Waals surface area (Å²) in [5, 5.41) is 12.4. The van der Waals surface area contributed by atoms with Crippen molar-refractivity contribution in [2.45, 2.75) is 25.2 Å². The van der Waals surface area contributed by atoms with Crippen LogP contribution in [0.2, 0.25) is 0 Å². The molecule has 1 saturated carbocycles. The average Bonchev–Trinajstić information content (AvgIpc) is 3.29. The van der Waals surface area contributed by atoms with Gasteiger partial charge in [0, 0.05) is 35.7 Å². The lowest BCUT2D eigenvalue weighted by molar-refractivity contribution is -0.116. The van der Waals surface area contributed by atoms with Crippen molar-refractivity contribution in [1.29, 1.82) is 0 Å². The summed E-state index contributed by atoms with van der Waals surface area (Å²) in [5.74, 6) is 0.248. The lowest BCUT2D eigenvalue weighted by Crippen LogP contribution is -2.27. The van der Waals surface area contributed by atoms with Crippen molar-refractivity contribution in [2.24, 2.45) is 0 Å². The zero-order valence-corrected chi connectivity index (χ0v) is 13.8. The number of carbonyl (C=O) groups excluding carboxylic acids is 2. The van der Waals surface area contributed by atoms with E-state index in [2.05, 4.69) is 22.1 Å². The number of benzene rings is 1. The highest BCUT2D eigenvalue weighted by Crippen LogP contribution is 2.42. The fraction of sp³-hybridized carbons (Fsp3) is 0.294. The molecule has 1 N–H and O–H groups in total. The first-order chi connectivity index (χ1) is 11.6. The summed E-state index contributed by atoms with van der Waals surface area (Å²) in [7, 11) is 0. The van der Waals surface area contributed by atoms with E-state index in [0.717, 1.165) is 23.4 Å². The molecular formula is C17H16N4O2S. The van der Waals surface area contributed by atoms with Gasteiger partial charge in [-0.1, -0.05) is 36.1 Å². The Bertz CT molecular complexity index is 806. The molecule has 2 amide bonds. The molecule has 1 aliphatic heterocycles. The van der Waals surface area contributed by atoms with E-state index in [1.807, 2.05) is 18.2 Å². The zero-order valence-electron chi connectivity index (χ0n) is 13.0. The first-order valence-electron chi connectivity index (χ1n) is 7.87. The molecule has 4 rings (SSSR count). The topological polar surface area (TPSA) is 75.2 Å². The highest BCUT2D eigenvalue weighted by atomic mass is 32.1. The number of nitrogens with one attached hydrogen (secondary N) is 1. The highest BCUT2D eigenvalue weighted by Gasteiger charge is 2.31. The first kappa shape index (κ1) is 15.0. The maximum Gasteiger partial charge on any atom is 0.258 e. The highest BCUT2D eigenvalue weighted by molar-refractivity contribution is 7.15. The van der Waals surface area contributed by atoms with Crippen molar-refractivity contribution in [3.8, 4) is 0 Å². The second kappa shape index (κ2) is 5.83. The van der Waals surface area contributed by atoms with Crippen molar-refractivity contribution in [3.05, 3.63) is 47.0 Å². The van der Waals surface area contributed by atoms with Gasteiger partial charge in [-0.15, -0.1) is 10.2 Å². The molecular weight excluding hydrogens is 324 g/mol. The van der Waals surface area contributed by atoms with Crippen LogP contribution < -0.4 is 5.32 Å². The molecule has 2 heterocycles. The van der Waals surface area contributed by atoms with Gasteiger partial charge in [0.2, 0.25) is 11.0 Å². The van der Waals surface area contributed by atoms with Gasteiger partial charge in [0.15, 0.2) is 0 Å². The number of rotatable bonds is 5. The van der Waals surface area contributed by atoms with Crippen molar-refractivity contribution in [3.63, 3.8) is 0 Å². The Morgan fingerprint density at radius 3 is 2.75 bits per heavy atom. The summed E-state index contributed by atoms with van der Waals surface area (Å²) >= 11 is 1.43. The van der Waals surface area contributed by atoms with E-state index in [1.54, 1.807) is 11.0 Å². The van der Waals surface area contributed by atoms with Crippen molar-refractivity contribution in [1.82, 2.24) is 15.1 Å². The van der Waals surface area contributed by atoms with Crippen LogP contribution in [0.25, 0.3) is 5.70 Å². The monoisotopic (exact) mass is 340 g/mol. The largest absolute Gasteiger partial charge is 0.308 e. The second-order valence-corrected chi connectivity index (χ2v) is 6.98. The summed E-state index contributed by atoms with van der Waals surface area (Å²) in [6, 6.07) is 7.35. The second-order valence-electron chi connectivity index (χ2n) is 5.97. The van der Waals surface area contributed by atoms with E-state index in [0.29, 0.717) is 28.9 Å². The third-order valence-corrected chi connectivity index (χ3v) is 5.22. The van der Waals surface area contributed by atoms with E-state index < -0.39 is 0 Å². The third kappa shape index (κ3) is 2.71. The van der Waals surface area contributed by atoms with Crippen LogP contribution in [0.3, 0.4) is 0 Å². The van der Waals surface area contributed by atoms with Crippen LogP contribution in [0.1, 0.15) is 46.1 Å². The molecule has 7 heteroatoms. The van der Waals surface area contributed by atoms with Crippen LogP contribution in [-0.4, -0.2) is 33.5 Å². The minimum atomic E-state index is -0.176. The molecule has 0 bridgehead atoms. The summed E-state index contributed by atoms with van der Waals surface area (Å²) in [5.41, 5.74) is 2.12. The summed E-state index contributed by atoms with van der Waals surface area (Å²) in [4.78, 5) is 26.0. The molecule has 1 aromatic carbocycles. The van der Waals surface area contributed by atoms with Gasteiger partial charge in [-0.05, 0) is 18.9 Å². The normalized spacial score (nSPS) is 16.4. The quantitative estimate of drug-likeness (QED) is 0.908. The smallest absolute Gasteiger partial charge is 0.258 e. The molecule has 1 fully saturated rings. The van der Waals surface area contributed by atoms with Crippen LogP contribution in [0.15, 0.2) is 30.8 Å². The van der Waals surface area contributed by atoms with Crippen LogP contribution in [0, 0.1) is 0 Å². The van der Waals surface area contributed by atoms with Crippen molar-refractivity contribution in [2.75, 3.05) is 11.9 Å². The summed E-state index contributed by atoms with van der Waals surface area (Å²) in [6.45, 7) is 4.27. The Morgan fingerprint density at radius 2 is 2.04 bits per heavy atom. The van der Waals surface area contributed by atoms with Gasteiger partial charge >= 0.3 is 0 Å². The first-order valence-corrected chi connectivity index (χ1v) is 8.68. The number of hydrogen-bond donors (Lipinski definition) is 1. The van der Waals surface area contributed by atoms with Gasteiger partial charge in [0.05, 0.1) is 0 Å². The van der Waals surface area contributed by atoms with E-state index in [-0.39, 0.29) is 18.2 Å². The molecule has 0 unspecified atom stereocenters. The molecule has 0 radical (unpaired) electrons. The van der Waals surface area contributed by atoms with Gasteiger partial charge in [-0.2, -0.15) is 0 Å². The Balaban J connectivity index is 1.35. The molecule has 24 heavy (non-hydrogen) atoms. The number of carbonyl (C=O) groups is 2. The van der Waals surface area contributed by atoms with E-state index >= 15 is 0 Å². The number of anilines is 1. The Morgan fingerprint density at radius 1 is 1.29 bits per heavy atom. The standard InChI is InChI=1S/C17H16N4O2S/c1-10-12-4-2-3-5-13(12)16(23)21(10)9-8-14(22)18-17-20-19-15(24-17)11-6-7-11/h2-5,11H,1,6-9H2,(H,18,20,22). The number of hydrogen-bond acceptors (Lipinski definition) is 5. The van der Waals surface area contributed by atoms with Gasteiger partial charge < -0.3 is 10.2 Å². The van der Waals surface area contributed by atoms with Crippen LogP contribution >= 0.6 is 11.3 Å². The fourth-order valence-electron chi connectivity index (χ4n) is 2.75. The number of amides is 2. The molecule has 0 atom stereocenters. The molecule has 122 valence electrons. The Kier molecular flexibility index (Phi) is 3.65. The summed E-state index contributed by atoms with van der Waals surface area (Å²) in [6.07, 6.45) is 2.50. The molecule has 6 nitrogen and oxygen atoms in total. The van der Waals surface area contributed by atoms with Crippen molar-refractivity contribution >= 4 is 34.0 Å². The Hall–Kier alpha value is -2.54. The minimum Gasteiger partial charge on any atom is -0.308 e. The van der Waals surface area contributed by atoms with Crippen molar-refractivity contribution < 1.29 is 9.59 Å². The number of nitrogens with zero attached hydrogens (tertiary/aromatic N) is 3. The maximum absolute atomic E-state index is 12.4. The van der Waals surface area contributed by atoms with Gasteiger partial charge in [-0.3, -0.25) is 9.59 Å².